The third-order valence-corrected chi connectivity index (χ3v) is 2.83. The van der Waals surface area contributed by atoms with Gasteiger partial charge in [0.2, 0.25) is 0 Å². The molecule has 0 heterocycles. The number of hydrogen-bond acceptors (Lipinski definition) is 1. The fourth-order valence-corrected chi connectivity index (χ4v) is 1.77. The molecule has 0 amide bonds. The molecule has 0 aliphatic carbocycles. The van der Waals surface area contributed by atoms with Crippen LogP contribution in [0.25, 0.3) is 0 Å². The minimum atomic E-state index is -4.82. The molecule has 0 bridgehead atoms. The Morgan fingerprint density at radius 2 is 2.00 bits per heavy atom. The molecule has 0 aromatic heterocycles. The Morgan fingerprint density at radius 1 is 1.41 bits per heavy atom. The number of rotatable bonds is 2. The number of amidine groups is 1. The summed E-state index contributed by atoms with van der Waals surface area (Å²) in [4.78, 5) is 3.64. The predicted molar refractivity (Wildman–Crippen MR) is 61.1 cm³/mol. The van der Waals surface area contributed by atoms with Crippen molar-refractivity contribution in [3.05, 3.63) is 28.0 Å². The zero-order valence-corrected chi connectivity index (χ0v) is 10.5. The Morgan fingerprint density at radius 3 is 2.47 bits per heavy atom. The van der Waals surface area contributed by atoms with Crippen molar-refractivity contribution in [1.82, 2.24) is 0 Å². The van der Waals surface area contributed by atoms with Gasteiger partial charge in [0, 0.05) is 0 Å². The monoisotopic (exact) mass is 332 g/mol. The van der Waals surface area contributed by atoms with Crippen LogP contribution in [0.5, 0.6) is 0 Å². The Hall–Kier alpha value is -0.820. The Bertz CT molecular complexity index is 459. The van der Waals surface area contributed by atoms with Crippen LogP contribution in [-0.2, 0) is 6.18 Å². The lowest BCUT2D eigenvalue weighted by Crippen LogP contribution is -2.13. The van der Waals surface area contributed by atoms with Crippen molar-refractivity contribution in [2.45, 2.75) is 6.18 Å². The van der Waals surface area contributed by atoms with Crippen LogP contribution in [0.15, 0.2) is 21.6 Å². The van der Waals surface area contributed by atoms with Gasteiger partial charge < -0.3 is 5.73 Å². The van der Waals surface area contributed by atoms with Gasteiger partial charge in [0.15, 0.2) is 0 Å². The normalized spacial score (nSPS) is 12.9. The highest BCUT2D eigenvalue weighted by atomic mass is 79.9. The lowest BCUT2D eigenvalue weighted by molar-refractivity contribution is -0.140. The maximum atomic E-state index is 13.1. The van der Waals surface area contributed by atoms with Gasteiger partial charge >= 0.3 is 6.18 Å². The highest BCUT2D eigenvalue weighted by molar-refractivity contribution is 9.10. The molecule has 0 fully saturated rings. The molecule has 0 saturated heterocycles. The van der Waals surface area contributed by atoms with Crippen LogP contribution in [0.2, 0.25) is 0 Å². The molecule has 2 nitrogen and oxygen atoms in total. The number of hydrogen-bond donors (Lipinski definition) is 1. The Labute approximate surface area is 108 Å². The van der Waals surface area contributed by atoms with E-state index in [1.54, 1.807) is 0 Å². The molecule has 0 saturated carbocycles. The molecule has 2 N–H and O–H groups in total. The van der Waals surface area contributed by atoms with Crippen LogP contribution in [0.3, 0.4) is 0 Å². The van der Waals surface area contributed by atoms with E-state index in [0.29, 0.717) is 6.07 Å². The second kappa shape index (κ2) is 5.22. The number of benzene rings is 1. The highest BCUT2D eigenvalue weighted by Crippen LogP contribution is 2.41. The first kappa shape index (κ1) is 14.2. The second-order valence-corrected chi connectivity index (χ2v) is 4.05. The fraction of sp³-hybridized carbons (Fsp3) is 0.222. The topological polar surface area (TPSA) is 38.4 Å². The molecule has 0 aliphatic rings. The molecule has 0 unspecified atom stereocenters. The van der Waals surface area contributed by atoms with Gasteiger partial charge in [0.05, 0.1) is 16.0 Å². The zero-order valence-electron chi connectivity index (χ0n) is 8.15. The van der Waals surface area contributed by atoms with E-state index in [0.717, 1.165) is 6.07 Å². The van der Waals surface area contributed by atoms with Crippen molar-refractivity contribution < 1.29 is 17.6 Å². The first-order valence-electron chi connectivity index (χ1n) is 4.21. The van der Waals surface area contributed by atoms with Gasteiger partial charge in [0.25, 0.3) is 0 Å². The molecule has 17 heavy (non-hydrogen) atoms. The van der Waals surface area contributed by atoms with E-state index in [2.05, 4.69) is 20.9 Å². The van der Waals surface area contributed by atoms with Crippen molar-refractivity contribution in [2.24, 2.45) is 10.7 Å². The summed E-state index contributed by atoms with van der Waals surface area (Å²) >= 11 is 8.01. The molecule has 0 aliphatic heterocycles. The molecular weight excluding hydrogens is 327 g/mol. The third-order valence-electron chi connectivity index (χ3n) is 1.76. The average molecular weight is 334 g/mol. The summed E-state index contributed by atoms with van der Waals surface area (Å²) in [5, 5.41) is 0. The van der Waals surface area contributed by atoms with Crippen LogP contribution in [-0.4, -0.2) is 11.7 Å². The average Bonchev–Trinajstić information content (AvgIpc) is 2.20. The summed E-state index contributed by atoms with van der Waals surface area (Å²) in [6, 6.07) is 1.75. The van der Waals surface area contributed by atoms with Crippen molar-refractivity contribution in [1.29, 1.82) is 0 Å². The van der Waals surface area contributed by atoms with Crippen molar-refractivity contribution in [3.63, 3.8) is 0 Å². The summed E-state index contributed by atoms with van der Waals surface area (Å²) in [6.45, 7) is 0. The fourth-order valence-electron chi connectivity index (χ4n) is 1.07. The van der Waals surface area contributed by atoms with E-state index in [-0.39, 0.29) is 17.4 Å². The zero-order chi connectivity index (χ0) is 13.2. The maximum Gasteiger partial charge on any atom is 0.420 e. The molecule has 0 radical (unpaired) electrons. The van der Waals surface area contributed by atoms with Crippen molar-refractivity contribution >= 4 is 39.1 Å². The Balaban J connectivity index is 3.39. The number of aliphatic imine (C=N–C) groups is 1. The second-order valence-electron chi connectivity index (χ2n) is 2.99. The van der Waals surface area contributed by atoms with Crippen molar-refractivity contribution in [3.8, 4) is 0 Å². The molecule has 1 rings (SSSR count). The summed E-state index contributed by atoms with van der Waals surface area (Å²) in [6.07, 6.45) is -4.82. The molecule has 0 spiro atoms. The molecule has 0 atom stereocenters. The SMILES string of the molecule is NC(CCl)=Nc1ccc(F)c(C(F)(F)F)c1Br. The minimum absolute atomic E-state index is 0.0629. The molecule has 1 aromatic carbocycles. The largest absolute Gasteiger partial charge is 0.420 e. The number of halogens is 6. The Kier molecular flexibility index (Phi) is 4.37. The van der Waals surface area contributed by atoms with E-state index >= 15 is 0 Å². The number of alkyl halides is 4. The van der Waals surface area contributed by atoms with Crippen LogP contribution >= 0.6 is 27.5 Å². The number of nitrogens with zero attached hydrogens (tertiary/aromatic N) is 1. The first-order valence-corrected chi connectivity index (χ1v) is 5.54. The highest BCUT2D eigenvalue weighted by Gasteiger charge is 2.37. The summed E-state index contributed by atoms with van der Waals surface area (Å²) in [5.74, 6) is -1.58. The van der Waals surface area contributed by atoms with E-state index in [1.807, 2.05) is 0 Å². The van der Waals surface area contributed by atoms with E-state index < -0.39 is 22.0 Å². The van der Waals surface area contributed by atoms with E-state index in [1.165, 1.54) is 0 Å². The van der Waals surface area contributed by atoms with Crippen LogP contribution in [0.1, 0.15) is 5.56 Å². The minimum Gasteiger partial charge on any atom is -0.386 e. The standard InChI is InChI=1S/C9H6BrClF4N2/c10-8-5(17-6(16)3-11)2-1-4(12)7(8)9(13,14)15/h1-2H,3H2,(H2,16,17). The van der Waals surface area contributed by atoms with Gasteiger partial charge in [-0.1, -0.05) is 0 Å². The quantitative estimate of drug-likeness (QED) is 0.380. The lowest BCUT2D eigenvalue weighted by atomic mass is 10.2. The maximum absolute atomic E-state index is 13.1. The van der Waals surface area contributed by atoms with Gasteiger partial charge in [0.1, 0.15) is 17.2 Å². The van der Waals surface area contributed by atoms with Crippen molar-refractivity contribution in [2.75, 3.05) is 5.88 Å². The van der Waals surface area contributed by atoms with Crippen LogP contribution in [0, 0.1) is 5.82 Å². The van der Waals surface area contributed by atoms with E-state index in [9.17, 15) is 17.6 Å². The number of nitrogens with two attached hydrogens (primary N) is 1. The summed E-state index contributed by atoms with van der Waals surface area (Å²) < 4.78 is 50.2. The summed E-state index contributed by atoms with van der Waals surface area (Å²) in [7, 11) is 0. The third kappa shape index (κ3) is 3.32. The smallest absolute Gasteiger partial charge is 0.386 e. The van der Waals surface area contributed by atoms with Gasteiger partial charge in [-0.25, -0.2) is 9.38 Å². The van der Waals surface area contributed by atoms with Gasteiger partial charge in [-0.3, -0.25) is 0 Å². The molecule has 94 valence electrons. The van der Waals surface area contributed by atoms with Gasteiger partial charge in [-0.15, -0.1) is 11.6 Å². The van der Waals surface area contributed by atoms with Gasteiger partial charge in [-0.2, -0.15) is 13.2 Å². The van der Waals surface area contributed by atoms with Crippen LogP contribution in [0.4, 0.5) is 23.2 Å². The summed E-state index contributed by atoms with van der Waals surface area (Å²) in [5.41, 5.74) is 3.75. The van der Waals surface area contributed by atoms with Crippen LogP contribution < -0.4 is 5.73 Å². The predicted octanol–water partition coefficient (Wildman–Crippen LogP) is 3.83. The van der Waals surface area contributed by atoms with Gasteiger partial charge in [-0.05, 0) is 28.1 Å². The van der Waals surface area contributed by atoms with E-state index in [4.69, 9.17) is 17.3 Å². The molecule has 8 heteroatoms. The lowest BCUT2D eigenvalue weighted by Gasteiger charge is -2.11. The molecule has 1 aromatic rings. The molecular formula is C9H6BrClF4N2. The first-order chi connectivity index (χ1) is 7.77.